The van der Waals surface area contributed by atoms with Crippen LogP contribution in [0.4, 0.5) is 4.39 Å². The number of nitrogens with zero attached hydrogens (tertiary/aromatic N) is 1. The molecule has 2 heterocycles. The Morgan fingerprint density at radius 2 is 2.08 bits per heavy atom. The van der Waals surface area contributed by atoms with E-state index in [2.05, 4.69) is 10.3 Å². The molecule has 3 rings (SSSR count). The van der Waals surface area contributed by atoms with Gasteiger partial charge in [0.05, 0.1) is 16.6 Å². The molecule has 1 fully saturated rings. The third-order valence-corrected chi connectivity index (χ3v) is 5.65. The lowest BCUT2D eigenvalue weighted by atomic mass is 9.99. The lowest BCUT2D eigenvalue weighted by Crippen LogP contribution is -2.35. The van der Waals surface area contributed by atoms with Crippen LogP contribution < -0.4 is 5.32 Å². The largest absolute Gasteiger partial charge is 0.381 e. The summed E-state index contributed by atoms with van der Waals surface area (Å²) in [5.41, 5.74) is 1.33. The maximum absolute atomic E-state index is 14.0. The van der Waals surface area contributed by atoms with Crippen molar-refractivity contribution < 1.29 is 13.9 Å². The second-order valence-corrected chi connectivity index (χ2v) is 7.10. The molecule has 128 valence electrons. The van der Waals surface area contributed by atoms with Gasteiger partial charge in [0.25, 0.3) is 0 Å². The summed E-state index contributed by atoms with van der Waals surface area (Å²) >= 11 is 1.43. The maximum atomic E-state index is 14.0. The summed E-state index contributed by atoms with van der Waals surface area (Å²) in [6.07, 6.45) is 1.53. The lowest BCUT2D eigenvalue weighted by Gasteiger charge is -2.23. The summed E-state index contributed by atoms with van der Waals surface area (Å²) in [5.74, 6) is -0.205. The van der Waals surface area contributed by atoms with Crippen LogP contribution in [0.25, 0.3) is 10.6 Å². The molecule has 24 heavy (non-hydrogen) atoms. The Balaban J connectivity index is 1.74. The number of benzene rings is 1. The molecule has 0 bridgehead atoms. The second-order valence-electron chi connectivity index (χ2n) is 6.07. The zero-order valence-electron chi connectivity index (χ0n) is 13.8. The Morgan fingerprint density at radius 1 is 1.38 bits per heavy atom. The zero-order chi connectivity index (χ0) is 17.1. The van der Waals surface area contributed by atoms with Crippen molar-refractivity contribution in [2.45, 2.75) is 32.7 Å². The number of thiazole rings is 1. The number of ether oxygens (including phenoxy) is 1. The third-order valence-electron chi connectivity index (χ3n) is 4.28. The van der Waals surface area contributed by atoms with Gasteiger partial charge in [-0.15, -0.1) is 11.3 Å². The maximum Gasteiger partial charge on any atom is 0.223 e. The van der Waals surface area contributed by atoms with Crippen molar-refractivity contribution >= 4 is 17.2 Å². The minimum Gasteiger partial charge on any atom is -0.381 e. The molecule has 0 radical (unpaired) electrons. The standard InChI is InChI=1S/C18H21FN2O2S/c1-11(20-17(22)13-7-9-23-10-8-13)16-12(2)21-18(24-16)14-5-3-4-6-15(14)19/h3-6,11,13H,7-10H2,1-2H3,(H,20,22)/t11-/m0/s1. The number of halogens is 1. The van der Waals surface area contributed by atoms with E-state index in [9.17, 15) is 9.18 Å². The SMILES string of the molecule is Cc1nc(-c2ccccc2F)sc1[C@H](C)NC(=O)C1CCOCC1. The average molecular weight is 348 g/mol. The van der Waals surface area contributed by atoms with E-state index in [1.54, 1.807) is 18.2 Å². The van der Waals surface area contributed by atoms with Crippen molar-refractivity contribution in [3.63, 3.8) is 0 Å². The van der Waals surface area contributed by atoms with Crippen LogP contribution in [-0.2, 0) is 9.53 Å². The van der Waals surface area contributed by atoms with Gasteiger partial charge in [-0.2, -0.15) is 0 Å². The van der Waals surface area contributed by atoms with E-state index >= 15 is 0 Å². The quantitative estimate of drug-likeness (QED) is 0.913. The van der Waals surface area contributed by atoms with Crippen molar-refractivity contribution in [2.75, 3.05) is 13.2 Å². The second kappa shape index (κ2) is 7.40. The van der Waals surface area contributed by atoms with Crippen molar-refractivity contribution in [3.05, 3.63) is 40.7 Å². The normalized spacial score (nSPS) is 16.8. The van der Waals surface area contributed by atoms with Crippen LogP contribution in [0, 0.1) is 18.7 Å². The monoisotopic (exact) mass is 348 g/mol. The highest BCUT2D eigenvalue weighted by Gasteiger charge is 2.24. The van der Waals surface area contributed by atoms with Crippen LogP contribution in [0.3, 0.4) is 0 Å². The van der Waals surface area contributed by atoms with E-state index in [4.69, 9.17) is 4.74 Å². The number of carbonyl (C=O) groups is 1. The first kappa shape index (κ1) is 17.0. The number of aromatic nitrogens is 1. The van der Waals surface area contributed by atoms with Gasteiger partial charge < -0.3 is 10.1 Å². The Hall–Kier alpha value is -1.79. The van der Waals surface area contributed by atoms with Crippen molar-refractivity contribution in [1.29, 1.82) is 0 Å². The van der Waals surface area contributed by atoms with Crippen molar-refractivity contribution in [1.82, 2.24) is 10.3 Å². The molecule has 0 saturated carbocycles. The highest BCUT2D eigenvalue weighted by Crippen LogP contribution is 2.33. The van der Waals surface area contributed by atoms with Gasteiger partial charge in [0.15, 0.2) is 0 Å². The molecular formula is C18H21FN2O2S. The Bertz CT molecular complexity index is 726. The van der Waals surface area contributed by atoms with Gasteiger partial charge >= 0.3 is 0 Å². The Morgan fingerprint density at radius 3 is 2.79 bits per heavy atom. The molecular weight excluding hydrogens is 327 g/mol. The number of nitrogens with one attached hydrogen (secondary N) is 1. The van der Waals surface area contributed by atoms with Crippen LogP contribution in [0.2, 0.25) is 0 Å². The summed E-state index contributed by atoms with van der Waals surface area (Å²) in [6, 6.07) is 6.48. The summed E-state index contributed by atoms with van der Waals surface area (Å²) in [6.45, 7) is 5.13. The van der Waals surface area contributed by atoms with Gasteiger partial charge in [-0.3, -0.25) is 4.79 Å². The molecule has 1 saturated heterocycles. The number of aryl methyl sites for hydroxylation is 1. The van der Waals surface area contributed by atoms with Crippen LogP contribution in [0.15, 0.2) is 24.3 Å². The molecule has 4 nitrogen and oxygen atoms in total. The predicted octanol–water partition coefficient (Wildman–Crippen LogP) is 3.86. The first-order valence-electron chi connectivity index (χ1n) is 8.16. The van der Waals surface area contributed by atoms with Gasteiger partial charge in [0, 0.05) is 24.7 Å². The van der Waals surface area contributed by atoms with Gasteiger partial charge in [0.2, 0.25) is 5.91 Å². The fourth-order valence-corrected chi connectivity index (χ4v) is 4.01. The molecule has 1 aliphatic heterocycles. The molecule has 1 N–H and O–H groups in total. The molecule has 0 spiro atoms. The van der Waals surface area contributed by atoms with Crippen LogP contribution in [0.5, 0.6) is 0 Å². The highest BCUT2D eigenvalue weighted by molar-refractivity contribution is 7.15. The van der Waals surface area contributed by atoms with E-state index in [1.165, 1.54) is 17.4 Å². The first-order chi connectivity index (χ1) is 11.6. The van der Waals surface area contributed by atoms with E-state index in [-0.39, 0.29) is 23.7 Å². The number of amides is 1. The molecule has 1 aromatic carbocycles. The topological polar surface area (TPSA) is 51.2 Å². The Labute approximate surface area is 145 Å². The molecule has 1 atom stereocenters. The van der Waals surface area contributed by atoms with Crippen LogP contribution >= 0.6 is 11.3 Å². The van der Waals surface area contributed by atoms with E-state index < -0.39 is 0 Å². The molecule has 1 amide bonds. The number of hydrogen-bond donors (Lipinski definition) is 1. The molecule has 1 aromatic heterocycles. The van der Waals surface area contributed by atoms with Gasteiger partial charge in [-0.25, -0.2) is 9.37 Å². The van der Waals surface area contributed by atoms with Crippen LogP contribution in [0.1, 0.15) is 36.4 Å². The van der Waals surface area contributed by atoms with E-state index in [0.717, 1.165) is 23.4 Å². The number of carbonyl (C=O) groups excluding carboxylic acids is 1. The Kier molecular flexibility index (Phi) is 5.26. The molecule has 1 aliphatic rings. The first-order valence-corrected chi connectivity index (χ1v) is 8.98. The number of hydrogen-bond acceptors (Lipinski definition) is 4. The van der Waals surface area contributed by atoms with Crippen LogP contribution in [-0.4, -0.2) is 24.1 Å². The van der Waals surface area contributed by atoms with E-state index in [0.29, 0.717) is 23.8 Å². The minimum absolute atomic E-state index is 0.0143. The van der Waals surface area contributed by atoms with Gasteiger partial charge in [-0.05, 0) is 38.8 Å². The van der Waals surface area contributed by atoms with Crippen molar-refractivity contribution in [2.24, 2.45) is 5.92 Å². The van der Waals surface area contributed by atoms with E-state index in [1.807, 2.05) is 13.8 Å². The smallest absolute Gasteiger partial charge is 0.223 e. The summed E-state index contributed by atoms with van der Waals surface area (Å²) in [5, 5.41) is 3.71. The van der Waals surface area contributed by atoms with Gasteiger partial charge in [0.1, 0.15) is 10.8 Å². The third kappa shape index (κ3) is 3.65. The van der Waals surface area contributed by atoms with Crippen molar-refractivity contribution in [3.8, 4) is 10.6 Å². The lowest BCUT2D eigenvalue weighted by molar-refractivity contribution is -0.128. The fraction of sp³-hybridized carbons (Fsp3) is 0.444. The number of rotatable bonds is 4. The molecule has 6 heteroatoms. The minimum atomic E-state index is -0.281. The fourth-order valence-electron chi connectivity index (χ4n) is 2.92. The highest BCUT2D eigenvalue weighted by atomic mass is 32.1. The predicted molar refractivity (Wildman–Crippen MR) is 92.3 cm³/mol. The summed E-state index contributed by atoms with van der Waals surface area (Å²) in [4.78, 5) is 17.8. The molecule has 0 unspecified atom stereocenters. The van der Waals surface area contributed by atoms with Gasteiger partial charge in [-0.1, -0.05) is 12.1 Å². The molecule has 2 aromatic rings. The average Bonchev–Trinajstić information content (AvgIpc) is 2.97. The summed E-state index contributed by atoms with van der Waals surface area (Å²) in [7, 11) is 0. The molecule has 0 aliphatic carbocycles. The zero-order valence-corrected chi connectivity index (χ0v) is 14.7. The summed E-state index contributed by atoms with van der Waals surface area (Å²) < 4.78 is 19.3.